The second-order valence-electron chi connectivity index (χ2n) is 13.1. The topological polar surface area (TPSA) is 0 Å². The lowest BCUT2D eigenvalue weighted by molar-refractivity contribution is 0.262. The van der Waals surface area contributed by atoms with E-state index < -0.39 is 0 Å². The minimum atomic E-state index is 0.768. The van der Waals surface area contributed by atoms with Gasteiger partial charge in [0.15, 0.2) is 0 Å². The van der Waals surface area contributed by atoms with Crippen LogP contribution in [0.15, 0.2) is 36.0 Å². The fourth-order valence-corrected chi connectivity index (χ4v) is 6.00. The fourth-order valence-electron chi connectivity index (χ4n) is 6.00. The van der Waals surface area contributed by atoms with Crippen LogP contribution in [0.4, 0.5) is 0 Å². The largest absolute Gasteiger partial charge is 0.0879 e. The van der Waals surface area contributed by atoms with Crippen molar-refractivity contribution in [3.05, 3.63) is 36.0 Å². The van der Waals surface area contributed by atoms with Crippen molar-refractivity contribution in [1.82, 2.24) is 0 Å². The van der Waals surface area contributed by atoms with Crippen LogP contribution in [0.3, 0.4) is 0 Å². The van der Waals surface area contributed by atoms with Gasteiger partial charge >= 0.3 is 0 Å². The molecule has 5 unspecified atom stereocenters. The van der Waals surface area contributed by atoms with E-state index in [1.165, 1.54) is 25.7 Å². The van der Waals surface area contributed by atoms with Gasteiger partial charge in [-0.2, -0.15) is 0 Å². The summed E-state index contributed by atoms with van der Waals surface area (Å²) in [6.07, 6.45) is 17.4. The molecule has 0 aromatic heterocycles. The van der Waals surface area contributed by atoms with Gasteiger partial charge in [0, 0.05) is 0 Å². The highest BCUT2D eigenvalue weighted by Gasteiger charge is 2.27. The van der Waals surface area contributed by atoms with E-state index >= 15 is 0 Å². The quantitative estimate of drug-likeness (QED) is 0.348. The second-order valence-corrected chi connectivity index (χ2v) is 13.1. The molecule has 3 rings (SSSR count). The predicted molar refractivity (Wildman–Crippen MR) is 151 cm³/mol. The first-order valence-electron chi connectivity index (χ1n) is 14.4. The van der Waals surface area contributed by atoms with Crippen LogP contribution in [-0.4, -0.2) is 0 Å². The van der Waals surface area contributed by atoms with E-state index in [-0.39, 0.29) is 0 Å². The smallest absolute Gasteiger partial charge is 0.0175 e. The zero-order chi connectivity index (χ0) is 25.3. The Bertz CT molecular complexity index is 588. The molecule has 0 saturated heterocycles. The summed E-state index contributed by atoms with van der Waals surface area (Å²) in [5.74, 6) is 9.27. The zero-order valence-corrected chi connectivity index (χ0v) is 24.6. The minimum absolute atomic E-state index is 0.768. The van der Waals surface area contributed by atoms with E-state index in [9.17, 15) is 0 Å². The predicted octanol–water partition coefficient (Wildman–Crippen LogP) is 10.6. The van der Waals surface area contributed by atoms with Gasteiger partial charge in [0.1, 0.15) is 0 Å². The number of rotatable bonds is 6. The third-order valence-corrected chi connectivity index (χ3v) is 8.51. The SMILES string of the molecule is CC(C)C1=CCCC1C(C)C.CC(C)C1C=CC(C(C)C)C1.CC(C)C1C=CCC1C(C)C. The molecule has 0 bridgehead atoms. The van der Waals surface area contributed by atoms with E-state index in [1.54, 1.807) is 5.57 Å². The molecule has 0 heterocycles. The van der Waals surface area contributed by atoms with Gasteiger partial charge in [0.05, 0.1) is 0 Å². The van der Waals surface area contributed by atoms with Gasteiger partial charge in [0.2, 0.25) is 0 Å². The van der Waals surface area contributed by atoms with Crippen molar-refractivity contribution in [2.24, 2.45) is 65.1 Å². The molecule has 0 amide bonds. The Morgan fingerprint density at radius 1 is 0.636 bits per heavy atom. The molecule has 5 atom stereocenters. The summed E-state index contributed by atoms with van der Waals surface area (Å²) in [7, 11) is 0. The van der Waals surface area contributed by atoms with E-state index in [0.717, 1.165) is 65.1 Å². The average molecular weight is 457 g/mol. The fraction of sp³-hybridized carbons (Fsp3) is 0.818. The Hall–Kier alpha value is -0.780. The lowest BCUT2D eigenvalue weighted by Gasteiger charge is -2.25. The monoisotopic (exact) mass is 456 g/mol. The van der Waals surface area contributed by atoms with Gasteiger partial charge < -0.3 is 0 Å². The maximum atomic E-state index is 2.45. The maximum absolute atomic E-state index is 2.45. The molecular formula is C33H60. The van der Waals surface area contributed by atoms with Crippen molar-refractivity contribution in [2.45, 2.75) is 109 Å². The molecule has 0 nitrogen and oxygen atoms in total. The first-order valence-corrected chi connectivity index (χ1v) is 14.4. The zero-order valence-electron chi connectivity index (χ0n) is 24.6. The van der Waals surface area contributed by atoms with Crippen molar-refractivity contribution in [3.63, 3.8) is 0 Å². The molecule has 3 aliphatic carbocycles. The van der Waals surface area contributed by atoms with Crippen molar-refractivity contribution in [1.29, 1.82) is 0 Å². The highest BCUT2D eigenvalue weighted by molar-refractivity contribution is 5.15. The number of hydrogen-bond donors (Lipinski definition) is 0. The van der Waals surface area contributed by atoms with Crippen molar-refractivity contribution < 1.29 is 0 Å². The second kappa shape index (κ2) is 14.6. The molecule has 0 N–H and O–H groups in total. The summed E-state index contributed by atoms with van der Waals surface area (Å²) in [6, 6.07) is 0. The Labute approximate surface area is 209 Å². The average Bonchev–Trinajstić information content (AvgIpc) is 3.49. The van der Waals surface area contributed by atoms with Gasteiger partial charge in [-0.15, -0.1) is 0 Å². The lowest BCUT2D eigenvalue weighted by Crippen LogP contribution is -2.19. The highest BCUT2D eigenvalue weighted by Crippen LogP contribution is 2.37. The summed E-state index contributed by atoms with van der Waals surface area (Å²) in [5.41, 5.74) is 1.71. The van der Waals surface area contributed by atoms with Crippen molar-refractivity contribution in [3.8, 4) is 0 Å². The molecule has 192 valence electrons. The molecule has 3 aliphatic rings. The number of allylic oxidation sites excluding steroid dienone is 6. The van der Waals surface area contributed by atoms with E-state index in [2.05, 4.69) is 113 Å². The van der Waals surface area contributed by atoms with Crippen LogP contribution in [0.25, 0.3) is 0 Å². The van der Waals surface area contributed by atoms with Crippen LogP contribution in [0.1, 0.15) is 109 Å². The van der Waals surface area contributed by atoms with E-state index in [1.807, 2.05) is 0 Å². The molecule has 0 aliphatic heterocycles. The van der Waals surface area contributed by atoms with Crippen molar-refractivity contribution in [2.75, 3.05) is 0 Å². The maximum Gasteiger partial charge on any atom is -0.0175 e. The van der Waals surface area contributed by atoms with Crippen LogP contribution in [-0.2, 0) is 0 Å². The molecular weight excluding hydrogens is 396 g/mol. The summed E-state index contributed by atoms with van der Waals surface area (Å²) < 4.78 is 0. The summed E-state index contributed by atoms with van der Waals surface area (Å²) in [5, 5.41) is 0. The first kappa shape index (κ1) is 30.3. The van der Waals surface area contributed by atoms with Crippen LogP contribution in [0.2, 0.25) is 0 Å². The standard InChI is InChI=1S/3C11H20/c1-8(2)10-5-6-11(7-10)9(3)4;2*1-8(2)10-6-5-7-11(10)9(3)4/h5-6,8-11H,7H2,1-4H3;6,8-9,11H,5,7H2,1-4H3;5-6,8-11H,7H2,1-4H3. The number of hydrogen-bond acceptors (Lipinski definition) is 0. The molecule has 0 aromatic rings. The van der Waals surface area contributed by atoms with Gasteiger partial charge in [-0.25, -0.2) is 0 Å². The summed E-state index contributed by atoms with van der Waals surface area (Å²) in [4.78, 5) is 0. The Kier molecular flexibility index (Phi) is 13.4. The molecule has 0 aromatic carbocycles. The minimum Gasteiger partial charge on any atom is -0.0879 e. The van der Waals surface area contributed by atoms with Crippen LogP contribution >= 0.6 is 0 Å². The van der Waals surface area contributed by atoms with Crippen molar-refractivity contribution >= 4 is 0 Å². The third-order valence-electron chi connectivity index (χ3n) is 8.51. The third kappa shape index (κ3) is 9.78. The van der Waals surface area contributed by atoms with Crippen LogP contribution in [0, 0.1) is 65.1 Å². The highest BCUT2D eigenvalue weighted by atomic mass is 14.3. The van der Waals surface area contributed by atoms with Gasteiger partial charge in [-0.05, 0) is 90.8 Å². The van der Waals surface area contributed by atoms with Crippen LogP contribution < -0.4 is 0 Å². The Morgan fingerprint density at radius 3 is 1.48 bits per heavy atom. The molecule has 0 fully saturated rings. The summed E-state index contributed by atoms with van der Waals surface area (Å²) in [6.45, 7) is 27.9. The Morgan fingerprint density at radius 2 is 1.18 bits per heavy atom. The van der Waals surface area contributed by atoms with Gasteiger partial charge in [0.25, 0.3) is 0 Å². The first-order chi connectivity index (χ1) is 15.4. The normalized spacial score (nSPS) is 28.8. The van der Waals surface area contributed by atoms with E-state index in [0.29, 0.717) is 0 Å². The molecule has 0 radical (unpaired) electrons. The lowest BCUT2D eigenvalue weighted by atomic mass is 9.79. The van der Waals surface area contributed by atoms with Gasteiger partial charge in [-0.3, -0.25) is 0 Å². The molecule has 0 saturated carbocycles. The molecule has 33 heavy (non-hydrogen) atoms. The van der Waals surface area contributed by atoms with Gasteiger partial charge in [-0.1, -0.05) is 119 Å². The van der Waals surface area contributed by atoms with E-state index in [4.69, 9.17) is 0 Å². The molecule has 0 heteroatoms. The Balaban J connectivity index is 0.000000247. The summed E-state index contributed by atoms with van der Waals surface area (Å²) >= 11 is 0. The molecule has 0 spiro atoms. The van der Waals surface area contributed by atoms with Crippen LogP contribution in [0.5, 0.6) is 0 Å².